The van der Waals surface area contributed by atoms with Crippen molar-refractivity contribution >= 4 is 29.1 Å². The van der Waals surface area contributed by atoms with Crippen LogP contribution in [0.25, 0.3) is 0 Å². The van der Waals surface area contributed by atoms with E-state index < -0.39 is 0 Å². The second-order valence-corrected chi connectivity index (χ2v) is 7.83. The van der Waals surface area contributed by atoms with Gasteiger partial charge in [0.25, 0.3) is 0 Å². The smallest absolute Gasteiger partial charge is 0.242 e. The summed E-state index contributed by atoms with van der Waals surface area (Å²) < 4.78 is 5.18. The maximum Gasteiger partial charge on any atom is 0.242 e. The molecule has 5 nitrogen and oxygen atoms in total. The number of aryl methyl sites for hydroxylation is 2. The standard InChI is InChI=1S/C21H23N3O2S/c1-14-5-8-18(15(2)11-14)12-22-23-21-24(20(25)16(3)27-21)13-17-6-9-19(26-4)10-7-17/h5-12,16H,13H2,1-4H3/b22-12-,23-21-/t16-/m1/s1. The third kappa shape index (κ3) is 4.57. The number of rotatable bonds is 5. The van der Waals surface area contributed by atoms with Gasteiger partial charge in [0.2, 0.25) is 5.91 Å². The number of nitrogens with zero attached hydrogens (tertiary/aromatic N) is 3. The van der Waals surface area contributed by atoms with Crippen LogP contribution >= 0.6 is 11.8 Å². The van der Waals surface area contributed by atoms with Crippen molar-refractivity contribution in [2.24, 2.45) is 10.2 Å². The summed E-state index contributed by atoms with van der Waals surface area (Å²) in [6.07, 6.45) is 1.74. The Hall–Kier alpha value is -2.60. The molecule has 2 aromatic carbocycles. The molecule has 6 heteroatoms. The number of carbonyl (C=O) groups excluding carboxylic acids is 1. The Morgan fingerprint density at radius 3 is 2.59 bits per heavy atom. The van der Waals surface area contributed by atoms with Crippen LogP contribution in [0.2, 0.25) is 0 Å². The van der Waals surface area contributed by atoms with Crippen LogP contribution in [0, 0.1) is 13.8 Å². The summed E-state index contributed by atoms with van der Waals surface area (Å²) in [4.78, 5) is 14.2. The number of carbonyl (C=O) groups is 1. The van der Waals surface area contributed by atoms with Crippen LogP contribution in [-0.2, 0) is 11.3 Å². The molecule has 0 spiro atoms. The van der Waals surface area contributed by atoms with Gasteiger partial charge >= 0.3 is 0 Å². The predicted octanol–water partition coefficient (Wildman–Crippen LogP) is 4.17. The Labute approximate surface area is 164 Å². The van der Waals surface area contributed by atoms with Gasteiger partial charge in [-0.1, -0.05) is 47.7 Å². The zero-order valence-electron chi connectivity index (χ0n) is 16.0. The van der Waals surface area contributed by atoms with E-state index in [-0.39, 0.29) is 11.2 Å². The van der Waals surface area contributed by atoms with E-state index in [0.717, 1.165) is 22.4 Å². The molecule has 3 rings (SSSR count). The number of methoxy groups -OCH3 is 1. The zero-order chi connectivity index (χ0) is 19.4. The summed E-state index contributed by atoms with van der Waals surface area (Å²) in [5.74, 6) is 0.845. The minimum absolute atomic E-state index is 0.0521. The average molecular weight is 382 g/mol. The normalized spacial score (nSPS) is 18.7. The molecular weight excluding hydrogens is 358 g/mol. The van der Waals surface area contributed by atoms with Crippen molar-refractivity contribution in [3.8, 4) is 5.75 Å². The Bertz CT molecular complexity index is 891. The van der Waals surface area contributed by atoms with Gasteiger partial charge in [-0.3, -0.25) is 9.69 Å². The van der Waals surface area contributed by atoms with Gasteiger partial charge in [0, 0.05) is 0 Å². The molecular formula is C21H23N3O2S. The Kier molecular flexibility index (Phi) is 5.96. The summed E-state index contributed by atoms with van der Waals surface area (Å²) in [5, 5.41) is 9.03. The molecule has 1 aliphatic rings. The second kappa shape index (κ2) is 8.39. The average Bonchev–Trinajstić information content (AvgIpc) is 2.92. The molecule has 27 heavy (non-hydrogen) atoms. The number of amides is 1. The highest BCUT2D eigenvalue weighted by molar-refractivity contribution is 8.15. The fourth-order valence-corrected chi connectivity index (χ4v) is 3.75. The van der Waals surface area contributed by atoms with Crippen molar-refractivity contribution in [1.82, 2.24) is 4.90 Å². The molecule has 140 valence electrons. The van der Waals surface area contributed by atoms with Gasteiger partial charge in [0.05, 0.1) is 25.1 Å². The van der Waals surface area contributed by atoms with Crippen LogP contribution in [-0.4, -0.2) is 34.5 Å². The van der Waals surface area contributed by atoms with Gasteiger partial charge in [-0.2, -0.15) is 5.10 Å². The molecule has 0 unspecified atom stereocenters. The van der Waals surface area contributed by atoms with Crippen molar-refractivity contribution in [1.29, 1.82) is 0 Å². The van der Waals surface area contributed by atoms with Gasteiger partial charge in [0.1, 0.15) is 5.75 Å². The lowest BCUT2D eigenvalue weighted by molar-refractivity contribution is -0.126. The van der Waals surface area contributed by atoms with Crippen LogP contribution in [0.5, 0.6) is 5.75 Å². The van der Waals surface area contributed by atoms with Crippen molar-refractivity contribution in [3.05, 3.63) is 64.7 Å². The third-order valence-corrected chi connectivity index (χ3v) is 5.46. The van der Waals surface area contributed by atoms with Gasteiger partial charge in [0.15, 0.2) is 5.17 Å². The lowest BCUT2D eigenvalue weighted by Crippen LogP contribution is -2.30. The lowest BCUT2D eigenvalue weighted by Gasteiger charge is -2.15. The molecule has 1 heterocycles. The first-order valence-corrected chi connectivity index (χ1v) is 9.65. The van der Waals surface area contributed by atoms with Crippen LogP contribution in [0.4, 0.5) is 0 Å². The van der Waals surface area contributed by atoms with E-state index in [9.17, 15) is 4.79 Å². The number of ether oxygens (including phenoxy) is 1. The SMILES string of the molecule is COc1ccc(CN2C(=O)[C@@H](C)S/C2=N\N=C/c2ccc(C)cc2C)cc1. The predicted molar refractivity (Wildman–Crippen MR) is 112 cm³/mol. The van der Waals surface area contributed by atoms with E-state index in [4.69, 9.17) is 4.74 Å². The van der Waals surface area contributed by atoms with Crippen molar-refractivity contribution in [2.45, 2.75) is 32.6 Å². The minimum Gasteiger partial charge on any atom is -0.497 e. The van der Waals surface area contributed by atoms with Gasteiger partial charge in [-0.15, -0.1) is 5.10 Å². The Balaban J connectivity index is 1.78. The van der Waals surface area contributed by atoms with E-state index in [1.54, 1.807) is 18.2 Å². The van der Waals surface area contributed by atoms with E-state index in [1.165, 1.54) is 17.3 Å². The largest absolute Gasteiger partial charge is 0.497 e. The fourth-order valence-electron chi connectivity index (χ4n) is 2.83. The Morgan fingerprint density at radius 2 is 1.93 bits per heavy atom. The summed E-state index contributed by atoms with van der Waals surface area (Å²) >= 11 is 1.44. The van der Waals surface area contributed by atoms with Crippen LogP contribution in [0.15, 0.2) is 52.7 Å². The molecule has 0 radical (unpaired) electrons. The van der Waals surface area contributed by atoms with Crippen molar-refractivity contribution < 1.29 is 9.53 Å². The first kappa shape index (κ1) is 19.2. The molecule has 1 saturated heterocycles. The quantitative estimate of drug-likeness (QED) is 0.577. The molecule has 0 aromatic heterocycles. The van der Waals surface area contributed by atoms with Crippen molar-refractivity contribution in [3.63, 3.8) is 0 Å². The maximum atomic E-state index is 12.5. The monoisotopic (exact) mass is 381 g/mol. The summed E-state index contributed by atoms with van der Waals surface area (Å²) in [6, 6.07) is 13.9. The van der Waals surface area contributed by atoms with Gasteiger partial charge < -0.3 is 4.74 Å². The summed E-state index contributed by atoms with van der Waals surface area (Å²) in [6.45, 7) is 6.48. The van der Waals surface area contributed by atoms with Crippen LogP contribution in [0.1, 0.15) is 29.2 Å². The van der Waals surface area contributed by atoms with Gasteiger partial charge in [-0.05, 0) is 49.6 Å². The van der Waals surface area contributed by atoms with E-state index in [0.29, 0.717) is 11.7 Å². The van der Waals surface area contributed by atoms with Gasteiger partial charge in [-0.25, -0.2) is 0 Å². The number of hydrogen-bond acceptors (Lipinski definition) is 5. The second-order valence-electron chi connectivity index (χ2n) is 6.52. The fraction of sp³-hybridized carbons (Fsp3) is 0.286. The van der Waals surface area contributed by atoms with E-state index >= 15 is 0 Å². The molecule has 0 saturated carbocycles. The molecule has 0 bridgehead atoms. The van der Waals surface area contributed by atoms with E-state index in [2.05, 4.69) is 23.2 Å². The number of benzene rings is 2. The highest BCUT2D eigenvalue weighted by Crippen LogP contribution is 2.28. The number of hydrogen-bond donors (Lipinski definition) is 0. The molecule has 1 aliphatic heterocycles. The van der Waals surface area contributed by atoms with Crippen molar-refractivity contribution in [2.75, 3.05) is 7.11 Å². The van der Waals surface area contributed by atoms with E-state index in [1.807, 2.05) is 50.2 Å². The van der Waals surface area contributed by atoms with Crippen LogP contribution < -0.4 is 4.74 Å². The highest BCUT2D eigenvalue weighted by atomic mass is 32.2. The molecule has 1 fully saturated rings. The number of amidine groups is 1. The maximum absolute atomic E-state index is 12.5. The minimum atomic E-state index is -0.154. The first-order chi connectivity index (χ1) is 13.0. The third-order valence-electron chi connectivity index (χ3n) is 4.39. The zero-order valence-corrected chi connectivity index (χ0v) is 16.8. The molecule has 0 aliphatic carbocycles. The molecule has 1 atom stereocenters. The molecule has 2 aromatic rings. The lowest BCUT2D eigenvalue weighted by atomic mass is 10.1. The topological polar surface area (TPSA) is 54.3 Å². The summed E-state index contributed by atoms with van der Waals surface area (Å²) in [7, 11) is 1.63. The van der Waals surface area contributed by atoms with Crippen LogP contribution in [0.3, 0.4) is 0 Å². The summed E-state index contributed by atoms with van der Waals surface area (Å²) in [5.41, 5.74) is 4.41. The molecule has 0 N–H and O–H groups in total. The number of thioether (sulfide) groups is 1. The highest BCUT2D eigenvalue weighted by Gasteiger charge is 2.35. The molecule has 1 amide bonds. The Morgan fingerprint density at radius 1 is 1.19 bits per heavy atom. The first-order valence-electron chi connectivity index (χ1n) is 8.77.